The Morgan fingerprint density at radius 1 is 0.949 bits per heavy atom. The number of benzene rings is 3. The fourth-order valence-corrected chi connectivity index (χ4v) is 5.15. The normalized spacial score (nSPS) is 15.7. The van der Waals surface area contributed by atoms with E-state index >= 15 is 0 Å². The number of rotatable bonds is 7. The number of aryl methyl sites for hydroxylation is 1. The van der Waals surface area contributed by atoms with Crippen LogP contribution in [0.1, 0.15) is 25.1 Å². The van der Waals surface area contributed by atoms with Gasteiger partial charge in [-0.25, -0.2) is 4.98 Å². The summed E-state index contributed by atoms with van der Waals surface area (Å²) in [6.45, 7) is 9.80. The third-order valence-corrected chi connectivity index (χ3v) is 7.47. The van der Waals surface area contributed by atoms with Crippen molar-refractivity contribution in [3.63, 3.8) is 0 Å². The monoisotopic (exact) mass is 518 g/mol. The number of hydrogen-bond acceptors (Lipinski definition) is 7. The van der Waals surface area contributed by atoms with E-state index in [4.69, 9.17) is 4.98 Å². The largest absolute Gasteiger partial charge is 0.361 e. The topological polar surface area (TPSA) is 94.6 Å². The highest BCUT2D eigenvalue weighted by Gasteiger charge is 2.26. The highest BCUT2D eigenvalue weighted by molar-refractivity contribution is 5.85. The summed E-state index contributed by atoms with van der Waals surface area (Å²) < 4.78 is 0. The summed E-state index contributed by atoms with van der Waals surface area (Å²) in [7, 11) is 0. The van der Waals surface area contributed by atoms with Crippen molar-refractivity contribution in [2.75, 3.05) is 29.9 Å². The van der Waals surface area contributed by atoms with Gasteiger partial charge in [0.15, 0.2) is 17.5 Å². The van der Waals surface area contributed by atoms with Gasteiger partial charge in [0.2, 0.25) is 0 Å². The van der Waals surface area contributed by atoms with Crippen LogP contribution < -0.4 is 15.5 Å². The fraction of sp³-hybridized carbons (Fsp3) is 0.290. The van der Waals surface area contributed by atoms with Crippen molar-refractivity contribution in [1.82, 2.24) is 30.7 Å². The lowest BCUT2D eigenvalue weighted by molar-refractivity contribution is 0.367. The highest BCUT2D eigenvalue weighted by Crippen LogP contribution is 2.29. The number of H-pyrrole nitrogens is 1. The van der Waals surface area contributed by atoms with Crippen LogP contribution in [-0.4, -0.2) is 51.1 Å². The maximum absolute atomic E-state index is 5.09. The van der Waals surface area contributed by atoms with Crippen LogP contribution in [0.15, 0.2) is 72.8 Å². The number of anilines is 2. The van der Waals surface area contributed by atoms with E-state index in [-0.39, 0.29) is 0 Å². The lowest BCUT2D eigenvalue weighted by Gasteiger charge is -2.37. The summed E-state index contributed by atoms with van der Waals surface area (Å²) in [4.78, 5) is 7.43. The molecule has 5 aromatic rings. The number of aromatic amines is 1. The summed E-state index contributed by atoms with van der Waals surface area (Å²) in [6.07, 6.45) is 0. The van der Waals surface area contributed by atoms with Gasteiger partial charge in [-0.3, -0.25) is 5.10 Å². The van der Waals surface area contributed by atoms with E-state index in [1.54, 1.807) is 0 Å². The molecule has 0 unspecified atom stereocenters. The van der Waals surface area contributed by atoms with Crippen molar-refractivity contribution >= 4 is 22.5 Å². The molecule has 0 saturated carbocycles. The standard InChI is InChI=1S/C31H34N8/c1-20(2)28-19-39(15-14-32-28)31-30(33-18-22-8-7-11-24(16-22)23-9-5-4-6-10-23)38-37-29(34-31)25-12-13-27-26(17-25)21(3)35-36-27/h4-13,16-17,20,28,32H,14-15,18-19H2,1-3H3,(H,33,38)(H,35,36)/t28-/m1/s1. The van der Waals surface area contributed by atoms with Gasteiger partial charge in [-0.1, -0.05) is 62.4 Å². The van der Waals surface area contributed by atoms with Gasteiger partial charge in [0, 0.05) is 48.9 Å². The second-order valence-electron chi connectivity index (χ2n) is 10.6. The summed E-state index contributed by atoms with van der Waals surface area (Å²) >= 11 is 0. The molecule has 0 amide bonds. The van der Waals surface area contributed by atoms with Crippen LogP contribution in [0.2, 0.25) is 0 Å². The van der Waals surface area contributed by atoms with Crippen molar-refractivity contribution in [1.29, 1.82) is 0 Å². The summed E-state index contributed by atoms with van der Waals surface area (Å²) in [6, 6.07) is 25.5. The maximum atomic E-state index is 5.09. The Morgan fingerprint density at radius 3 is 2.64 bits per heavy atom. The Morgan fingerprint density at radius 2 is 1.79 bits per heavy atom. The number of piperazine rings is 1. The first kappa shape index (κ1) is 25.0. The van der Waals surface area contributed by atoms with Gasteiger partial charge in [-0.15, -0.1) is 10.2 Å². The molecule has 1 fully saturated rings. The molecule has 1 saturated heterocycles. The van der Waals surface area contributed by atoms with E-state index in [0.717, 1.165) is 47.6 Å². The number of fused-ring (bicyclic) bond motifs is 1. The molecule has 39 heavy (non-hydrogen) atoms. The molecule has 8 heteroatoms. The molecular formula is C31H34N8. The van der Waals surface area contributed by atoms with Gasteiger partial charge in [-0.2, -0.15) is 5.10 Å². The van der Waals surface area contributed by atoms with Crippen molar-refractivity contribution in [2.24, 2.45) is 5.92 Å². The lowest BCUT2D eigenvalue weighted by Crippen LogP contribution is -2.53. The molecule has 0 aliphatic carbocycles. The third-order valence-electron chi connectivity index (χ3n) is 7.47. The summed E-state index contributed by atoms with van der Waals surface area (Å²) in [5, 5.41) is 24.9. The van der Waals surface area contributed by atoms with Crippen LogP contribution in [-0.2, 0) is 6.54 Å². The predicted molar refractivity (Wildman–Crippen MR) is 158 cm³/mol. The minimum absolute atomic E-state index is 0.387. The van der Waals surface area contributed by atoms with Crippen molar-refractivity contribution in [3.05, 3.63) is 84.1 Å². The van der Waals surface area contributed by atoms with E-state index in [0.29, 0.717) is 30.1 Å². The van der Waals surface area contributed by atoms with Crippen molar-refractivity contribution < 1.29 is 0 Å². The van der Waals surface area contributed by atoms with Crippen LogP contribution >= 0.6 is 0 Å². The molecule has 0 spiro atoms. The van der Waals surface area contributed by atoms with E-state index < -0.39 is 0 Å². The SMILES string of the molecule is Cc1[nH]nc2ccc(-c3nnc(NCc4cccc(-c5ccccc5)c4)c(N4CCN[C@@H](C(C)C)C4)n3)cc12. The Balaban J connectivity index is 1.32. The second-order valence-corrected chi connectivity index (χ2v) is 10.6. The number of aromatic nitrogens is 5. The molecule has 3 aromatic carbocycles. The molecule has 2 aromatic heterocycles. The molecule has 1 aliphatic heterocycles. The summed E-state index contributed by atoms with van der Waals surface area (Å²) in [5.74, 6) is 2.68. The van der Waals surface area contributed by atoms with E-state index in [2.05, 4.69) is 104 Å². The van der Waals surface area contributed by atoms with Gasteiger partial charge in [-0.05, 0) is 53.8 Å². The minimum Gasteiger partial charge on any atom is -0.361 e. The molecular weight excluding hydrogens is 484 g/mol. The lowest BCUT2D eigenvalue weighted by atomic mass is 10.0. The van der Waals surface area contributed by atoms with Crippen molar-refractivity contribution in [3.8, 4) is 22.5 Å². The molecule has 1 atom stereocenters. The Kier molecular flexibility index (Phi) is 6.94. The van der Waals surface area contributed by atoms with Crippen molar-refractivity contribution in [2.45, 2.75) is 33.4 Å². The first-order valence-corrected chi connectivity index (χ1v) is 13.6. The molecule has 8 nitrogen and oxygen atoms in total. The highest BCUT2D eigenvalue weighted by atomic mass is 15.3. The molecule has 3 N–H and O–H groups in total. The average Bonchev–Trinajstić information content (AvgIpc) is 3.36. The van der Waals surface area contributed by atoms with Crippen LogP contribution in [0.25, 0.3) is 33.4 Å². The second kappa shape index (κ2) is 10.8. The van der Waals surface area contributed by atoms with Gasteiger partial charge in [0.25, 0.3) is 0 Å². The Bertz CT molecular complexity index is 1580. The molecule has 0 radical (unpaired) electrons. The molecule has 3 heterocycles. The fourth-order valence-electron chi connectivity index (χ4n) is 5.15. The first-order valence-electron chi connectivity index (χ1n) is 13.6. The number of hydrogen-bond donors (Lipinski definition) is 3. The number of nitrogens with one attached hydrogen (secondary N) is 3. The molecule has 1 aliphatic rings. The Labute approximate surface area is 228 Å². The minimum atomic E-state index is 0.387. The zero-order valence-corrected chi connectivity index (χ0v) is 22.6. The van der Waals surface area contributed by atoms with Gasteiger partial charge in [0.05, 0.1) is 5.52 Å². The maximum Gasteiger partial charge on any atom is 0.192 e. The quantitative estimate of drug-likeness (QED) is 0.264. The van der Waals surface area contributed by atoms with E-state index in [9.17, 15) is 0 Å². The van der Waals surface area contributed by atoms with Gasteiger partial charge < -0.3 is 15.5 Å². The predicted octanol–water partition coefficient (Wildman–Crippen LogP) is 5.44. The zero-order chi connectivity index (χ0) is 26.8. The first-order chi connectivity index (χ1) is 19.0. The van der Waals surface area contributed by atoms with Gasteiger partial charge >= 0.3 is 0 Å². The average molecular weight is 519 g/mol. The molecule has 6 rings (SSSR count). The molecule has 0 bridgehead atoms. The summed E-state index contributed by atoms with van der Waals surface area (Å²) in [5.41, 5.74) is 6.46. The number of nitrogens with zero attached hydrogens (tertiary/aromatic N) is 5. The smallest absolute Gasteiger partial charge is 0.192 e. The molecule has 198 valence electrons. The third kappa shape index (κ3) is 5.33. The van der Waals surface area contributed by atoms with Crippen LogP contribution in [0.4, 0.5) is 11.6 Å². The van der Waals surface area contributed by atoms with Gasteiger partial charge in [0.1, 0.15) is 0 Å². The van der Waals surface area contributed by atoms with Crippen LogP contribution in [0.3, 0.4) is 0 Å². The van der Waals surface area contributed by atoms with Crippen LogP contribution in [0, 0.1) is 12.8 Å². The zero-order valence-electron chi connectivity index (χ0n) is 22.6. The van der Waals surface area contributed by atoms with E-state index in [1.807, 2.05) is 25.1 Å². The van der Waals surface area contributed by atoms with E-state index in [1.165, 1.54) is 16.7 Å². The Hall–Kier alpha value is -4.30. The van der Waals surface area contributed by atoms with Crippen LogP contribution in [0.5, 0.6) is 0 Å².